The van der Waals surface area contributed by atoms with E-state index in [2.05, 4.69) is 20.9 Å². The lowest BCUT2D eigenvalue weighted by Crippen LogP contribution is -2.24. The van der Waals surface area contributed by atoms with Crippen molar-refractivity contribution in [3.63, 3.8) is 0 Å². The van der Waals surface area contributed by atoms with Crippen LogP contribution in [-0.2, 0) is 18.0 Å². The molecular formula is C24H22N4O3. The molecule has 0 atom stereocenters. The number of aryl methyl sites for hydroxylation is 1. The van der Waals surface area contributed by atoms with Gasteiger partial charge in [0.1, 0.15) is 12.3 Å². The molecule has 0 aliphatic heterocycles. The number of hydrogen-bond acceptors (Lipinski definition) is 6. The number of carbonyl (C=O) groups excluding carboxylic acids is 1. The summed E-state index contributed by atoms with van der Waals surface area (Å²) in [6.45, 7) is 2.67. The molecule has 2 aromatic heterocycles. The zero-order valence-corrected chi connectivity index (χ0v) is 17.0. The zero-order chi connectivity index (χ0) is 21.5. The van der Waals surface area contributed by atoms with Gasteiger partial charge < -0.3 is 9.84 Å². The van der Waals surface area contributed by atoms with Crippen LogP contribution >= 0.6 is 0 Å². The van der Waals surface area contributed by atoms with Crippen LogP contribution in [0.5, 0.6) is 0 Å². The van der Waals surface area contributed by atoms with Gasteiger partial charge in [0.2, 0.25) is 0 Å². The highest BCUT2D eigenvalue weighted by Crippen LogP contribution is 2.20. The number of amides is 1. The minimum absolute atomic E-state index is 0.0667. The van der Waals surface area contributed by atoms with Crippen molar-refractivity contribution in [3.8, 4) is 11.3 Å². The number of pyridine rings is 1. The second-order valence-corrected chi connectivity index (χ2v) is 7.02. The molecule has 2 N–H and O–H groups in total. The van der Waals surface area contributed by atoms with Crippen molar-refractivity contribution < 1.29 is 14.2 Å². The molecule has 1 amide bonds. The lowest BCUT2D eigenvalue weighted by atomic mass is 10.1. The molecule has 2 heterocycles. The fourth-order valence-electron chi connectivity index (χ4n) is 3.00. The van der Waals surface area contributed by atoms with Gasteiger partial charge in [-0.3, -0.25) is 14.6 Å². The SMILES string of the molecule is Cc1ccc(-c2cc(CONC(=O)c3ccccc3NCc3ccncc3)on2)cc1. The fourth-order valence-corrected chi connectivity index (χ4v) is 3.00. The number of hydroxylamine groups is 1. The predicted molar refractivity (Wildman–Crippen MR) is 117 cm³/mol. The summed E-state index contributed by atoms with van der Waals surface area (Å²) in [6.07, 6.45) is 3.47. The first kappa shape index (κ1) is 20.3. The summed E-state index contributed by atoms with van der Waals surface area (Å²) in [5.41, 5.74) is 7.57. The van der Waals surface area contributed by atoms with E-state index in [1.54, 1.807) is 30.6 Å². The normalized spacial score (nSPS) is 10.6. The van der Waals surface area contributed by atoms with Gasteiger partial charge in [-0.15, -0.1) is 0 Å². The Morgan fingerprint density at radius 2 is 1.81 bits per heavy atom. The van der Waals surface area contributed by atoms with Crippen molar-refractivity contribution in [2.24, 2.45) is 0 Å². The summed E-state index contributed by atoms with van der Waals surface area (Å²) in [5.74, 6) is 0.163. The number of benzene rings is 2. The fraction of sp³-hybridized carbons (Fsp3) is 0.125. The molecule has 0 spiro atoms. The summed E-state index contributed by atoms with van der Waals surface area (Å²) in [6, 6.07) is 20.9. The summed E-state index contributed by atoms with van der Waals surface area (Å²) in [7, 11) is 0. The molecule has 31 heavy (non-hydrogen) atoms. The van der Waals surface area contributed by atoms with Crippen LogP contribution < -0.4 is 10.8 Å². The van der Waals surface area contributed by atoms with E-state index in [1.165, 1.54) is 5.56 Å². The molecule has 0 fully saturated rings. The van der Waals surface area contributed by atoms with Crippen molar-refractivity contribution in [2.45, 2.75) is 20.1 Å². The Bertz CT molecular complexity index is 1140. The summed E-state index contributed by atoms with van der Waals surface area (Å²) < 4.78 is 5.30. The molecule has 4 rings (SSSR count). The van der Waals surface area contributed by atoms with Gasteiger partial charge in [-0.2, -0.15) is 0 Å². The number of nitrogens with zero attached hydrogens (tertiary/aromatic N) is 2. The number of hydrogen-bond donors (Lipinski definition) is 2. The minimum atomic E-state index is -0.351. The van der Waals surface area contributed by atoms with Crippen molar-refractivity contribution in [1.82, 2.24) is 15.6 Å². The van der Waals surface area contributed by atoms with E-state index in [4.69, 9.17) is 9.36 Å². The first-order chi connectivity index (χ1) is 15.2. The molecule has 0 unspecified atom stereocenters. The number of rotatable bonds is 8. The molecule has 0 aliphatic carbocycles. The van der Waals surface area contributed by atoms with Crippen LogP contribution in [0.15, 0.2) is 83.6 Å². The Morgan fingerprint density at radius 3 is 2.61 bits per heavy atom. The van der Waals surface area contributed by atoms with E-state index < -0.39 is 0 Å². The summed E-state index contributed by atoms with van der Waals surface area (Å²) >= 11 is 0. The Morgan fingerprint density at radius 1 is 1.03 bits per heavy atom. The molecule has 0 aliphatic rings. The van der Waals surface area contributed by atoms with Gasteiger partial charge in [0.25, 0.3) is 5.91 Å². The third-order valence-electron chi connectivity index (χ3n) is 4.69. The third-order valence-corrected chi connectivity index (χ3v) is 4.69. The van der Waals surface area contributed by atoms with Crippen molar-refractivity contribution in [2.75, 3.05) is 5.32 Å². The molecule has 7 heteroatoms. The van der Waals surface area contributed by atoms with E-state index in [-0.39, 0.29) is 12.5 Å². The molecule has 0 radical (unpaired) electrons. The van der Waals surface area contributed by atoms with Gasteiger partial charge in [0, 0.05) is 36.3 Å². The summed E-state index contributed by atoms with van der Waals surface area (Å²) in [4.78, 5) is 22.0. The Kier molecular flexibility index (Phi) is 6.35. The van der Waals surface area contributed by atoms with Crippen LogP contribution in [0.2, 0.25) is 0 Å². The molecule has 2 aromatic carbocycles. The maximum Gasteiger partial charge on any atom is 0.276 e. The Balaban J connectivity index is 1.33. The average Bonchev–Trinajstić information content (AvgIpc) is 3.28. The Hall–Kier alpha value is -3.97. The predicted octanol–water partition coefficient (Wildman–Crippen LogP) is 4.52. The topological polar surface area (TPSA) is 89.3 Å². The second-order valence-electron chi connectivity index (χ2n) is 7.02. The molecule has 7 nitrogen and oxygen atoms in total. The molecular weight excluding hydrogens is 392 g/mol. The minimum Gasteiger partial charge on any atom is -0.380 e. The van der Waals surface area contributed by atoms with E-state index in [1.807, 2.05) is 55.5 Å². The van der Waals surface area contributed by atoms with Crippen LogP contribution in [0.1, 0.15) is 27.2 Å². The van der Waals surface area contributed by atoms with Crippen LogP contribution in [0, 0.1) is 6.92 Å². The van der Waals surface area contributed by atoms with Crippen molar-refractivity contribution in [1.29, 1.82) is 0 Å². The quantitative estimate of drug-likeness (QED) is 0.412. The highest BCUT2D eigenvalue weighted by Gasteiger charge is 2.12. The van der Waals surface area contributed by atoms with Gasteiger partial charge in [0.15, 0.2) is 5.76 Å². The standard InChI is InChI=1S/C24H22N4O3/c1-17-6-8-19(9-7-17)23-14-20(31-27-23)16-30-28-24(29)21-4-2-3-5-22(21)26-15-18-10-12-25-13-11-18/h2-14,26H,15-16H2,1H3,(H,28,29). The highest BCUT2D eigenvalue weighted by molar-refractivity contribution is 5.99. The highest BCUT2D eigenvalue weighted by atomic mass is 16.7. The monoisotopic (exact) mass is 414 g/mol. The second kappa shape index (κ2) is 9.69. The molecule has 156 valence electrons. The average molecular weight is 414 g/mol. The number of carbonyl (C=O) groups is 1. The first-order valence-corrected chi connectivity index (χ1v) is 9.85. The third kappa shape index (κ3) is 5.34. The van der Waals surface area contributed by atoms with Crippen LogP contribution in [0.3, 0.4) is 0 Å². The lowest BCUT2D eigenvalue weighted by molar-refractivity contribution is 0.0157. The summed E-state index contributed by atoms with van der Waals surface area (Å²) in [5, 5.41) is 7.33. The number of anilines is 1. The maximum atomic E-state index is 12.6. The van der Waals surface area contributed by atoms with Gasteiger partial charge in [-0.05, 0) is 36.8 Å². The largest absolute Gasteiger partial charge is 0.380 e. The van der Waals surface area contributed by atoms with E-state index in [0.717, 1.165) is 16.8 Å². The lowest BCUT2D eigenvalue weighted by Gasteiger charge is -2.12. The number of aromatic nitrogens is 2. The molecule has 0 bridgehead atoms. The van der Waals surface area contributed by atoms with Gasteiger partial charge in [-0.1, -0.05) is 47.1 Å². The van der Waals surface area contributed by atoms with Crippen molar-refractivity contribution >= 4 is 11.6 Å². The smallest absolute Gasteiger partial charge is 0.276 e. The van der Waals surface area contributed by atoms with Crippen LogP contribution in [0.25, 0.3) is 11.3 Å². The van der Waals surface area contributed by atoms with E-state index in [0.29, 0.717) is 23.6 Å². The first-order valence-electron chi connectivity index (χ1n) is 9.85. The van der Waals surface area contributed by atoms with Gasteiger partial charge >= 0.3 is 0 Å². The zero-order valence-electron chi connectivity index (χ0n) is 17.0. The van der Waals surface area contributed by atoms with Gasteiger partial charge in [-0.25, -0.2) is 5.48 Å². The Labute approximate surface area is 180 Å². The van der Waals surface area contributed by atoms with E-state index in [9.17, 15) is 4.79 Å². The van der Waals surface area contributed by atoms with Crippen molar-refractivity contribution in [3.05, 3.63) is 102 Å². The number of nitrogens with one attached hydrogen (secondary N) is 2. The molecule has 0 saturated heterocycles. The van der Waals surface area contributed by atoms with Crippen LogP contribution in [0.4, 0.5) is 5.69 Å². The van der Waals surface area contributed by atoms with E-state index >= 15 is 0 Å². The van der Waals surface area contributed by atoms with Crippen LogP contribution in [-0.4, -0.2) is 16.0 Å². The maximum absolute atomic E-state index is 12.6. The molecule has 4 aromatic rings. The number of para-hydroxylation sites is 1. The molecule has 0 saturated carbocycles. The van der Waals surface area contributed by atoms with Gasteiger partial charge in [0.05, 0.1) is 5.56 Å².